The van der Waals surface area contributed by atoms with Gasteiger partial charge in [0.05, 0.1) is 4.90 Å². The first-order valence-corrected chi connectivity index (χ1v) is 7.45. The van der Waals surface area contributed by atoms with E-state index in [1.165, 1.54) is 12.1 Å². The highest BCUT2D eigenvalue weighted by molar-refractivity contribution is 7.89. The number of benzene rings is 1. The quantitative estimate of drug-likeness (QED) is 0.623. The van der Waals surface area contributed by atoms with Gasteiger partial charge in [-0.2, -0.15) is 0 Å². The van der Waals surface area contributed by atoms with Gasteiger partial charge in [-0.1, -0.05) is 12.1 Å². The summed E-state index contributed by atoms with van der Waals surface area (Å²) >= 11 is 0. The van der Waals surface area contributed by atoms with Crippen LogP contribution < -0.4 is 16.2 Å². The molecule has 19 heavy (non-hydrogen) atoms. The van der Waals surface area contributed by atoms with E-state index in [2.05, 4.69) is 4.72 Å². The summed E-state index contributed by atoms with van der Waals surface area (Å²) in [5, 5.41) is 0. The molecule has 0 heterocycles. The maximum atomic E-state index is 11.9. The smallest absolute Gasteiger partial charge is 0.240 e. The molecule has 0 aromatic heterocycles. The molecule has 0 fully saturated rings. The third kappa shape index (κ3) is 4.98. The van der Waals surface area contributed by atoms with Crippen molar-refractivity contribution >= 4 is 15.9 Å². The van der Waals surface area contributed by atoms with Crippen molar-refractivity contribution in [2.24, 2.45) is 11.5 Å². The Kier molecular flexibility index (Phi) is 5.46. The highest BCUT2D eigenvalue weighted by Gasteiger charge is 2.13. The number of amides is 1. The van der Waals surface area contributed by atoms with Crippen molar-refractivity contribution in [3.8, 4) is 0 Å². The number of nitrogens with one attached hydrogen (secondary N) is 1. The van der Waals surface area contributed by atoms with Crippen molar-refractivity contribution in [3.63, 3.8) is 0 Å². The molecule has 5 N–H and O–H groups in total. The van der Waals surface area contributed by atoms with E-state index < -0.39 is 15.9 Å². The van der Waals surface area contributed by atoms with Gasteiger partial charge in [0, 0.05) is 19.0 Å². The van der Waals surface area contributed by atoms with E-state index in [-0.39, 0.29) is 23.9 Å². The molecule has 7 heteroatoms. The number of nitrogens with two attached hydrogens (primary N) is 2. The standard InChI is InChI=1S/C12H19N3O3S/c1-9(13)10-4-6-11(7-5-10)19(17,18)15-8-2-3-12(14)16/h4-7,9,15H,2-3,8,13H2,1H3,(H2,14,16). The van der Waals surface area contributed by atoms with Crippen molar-refractivity contribution < 1.29 is 13.2 Å². The third-order valence-corrected chi connectivity index (χ3v) is 4.09. The molecule has 0 spiro atoms. The van der Waals surface area contributed by atoms with Crippen LogP contribution in [0.4, 0.5) is 0 Å². The van der Waals surface area contributed by atoms with E-state index in [1.54, 1.807) is 12.1 Å². The molecule has 0 saturated heterocycles. The highest BCUT2D eigenvalue weighted by atomic mass is 32.2. The summed E-state index contributed by atoms with van der Waals surface area (Å²) in [6, 6.07) is 6.25. The van der Waals surface area contributed by atoms with Crippen LogP contribution in [0.2, 0.25) is 0 Å². The summed E-state index contributed by atoms with van der Waals surface area (Å²) < 4.78 is 26.2. The van der Waals surface area contributed by atoms with Crippen LogP contribution in [0.3, 0.4) is 0 Å². The van der Waals surface area contributed by atoms with Gasteiger partial charge in [0.2, 0.25) is 15.9 Å². The molecule has 0 aliphatic heterocycles. The summed E-state index contributed by atoms with van der Waals surface area (Å²) in [5.41, 5.74) is 11.5. The van der Waals surface area contributed by atoms with Crippen LogP contribution in [0.25, 0.3) is 0 Å². The largest absolute Gasteiger partial charge is 0.370 e. The van der Waals surface area contributed by atoms with Crippen molar-refractivity contribution in [2.75, 3.05) is 6.54 Å². The molecule has 1 unspecified atom stereocenters. The summed E-state index contributed by atoms with van der Waals surface area (Å²) in [7, 11) is -3.54. The summed E-state index contributed by atoms with van der Waals surface area (Å²) in [6.45, 7) is 2.01. The maximum Gasteiger partial charge on any atom is 0.240 e. The van der Waals surface area contributed by atoms with Crippen LogP contribution in [0, 0.1) is 0 Å². The van der Waals surface area contributed by atoms with Crippen molar-refractivity contribution in [1.29, 1.82) is 0 Å². The minimum atomic E-state index is -3.54. The predicted octanol–water partition coefficient (Wildman–Crippen LogP) is 0.250. The molecule has 1 rings (SSSR count). The topological polar surface area (TPSA) is 115 Å². The minimum Gasteiger partial charge on any atom is -0.370 e. The van der Waals surface area contributed by atoms with E-state index in [4.69, 9.17) is 11.5 Å². The Morgan fingerprint density at radius 3 is 2.37 bits per heavy atom. The van der Waals surface area contributed by atoms with Crippen LogP contribution in [0.15, 0.2) is 29.2 Å². The average molecular weight is 285 g/mol. The summed E-state index contributed by atoms with van der Waals surface area (Å²) in [4.78, 5) is 10.7. The monoisotopic (exact) mass is 285 g/mol. The maximum absolute atomic E-state index is 11.9. The van der Waals surface area contributed by atoms with Crippen molar-refractivity contribution in [3.05, 3.63) is 29.8 Å². The number of carbonyl (C=O) groups excluding carboxylic acids is 1. The fourth-order valence-electron chi connectivity index (χ4n) is 1.50. The van der Waals surface area contributed by atoms with E-state index in [0.29, 0.717) is 6.42 Å². The molecule has 106 valence electrons. The lowest BCUT2D eigenvalue weighted by Gasteiger charge is -2.09. The molecule has 0 aliphatic carbocycles. The average Bonchev–Trinajstić information content (AvgIpc) is 2.34. The lowest BCUT2D eigenvalue weighted by atomic mass is 10.1. The van der Waals surface area contributed by atoms with Crippen LogP contribution in [-0.4, -0.2) is 20.9 Å². The second-order valence-electron chi connectivity index (χ2n) is 4.33. The van der Waals surface area contributed by atoms with Gasteiger partial charge in [0.15, 0.2) is 0 Å². The van der Waals surface area contributed by atoms with Gasteiger partial charge in [-0.3, -0.25) is 4.79 Å². The highest BCUT2D eigenvalue weighted by Crippen LogP contribution is 2.14. The molecule has 1 amide bonds. The molecule has 0 saturated carbocycles. The van der Waals surface area contributed by atoms with Crippen molar-refractivity contribution in [1.82, 2.24) is 4.72 Å². The second-order valence-corrected chi connectivity index (χ2v) is 6.09. The van der Waals surface area contributed by atoms with E-state index in [9.17, 15) is 13.2 Å². The fourth-order valence-corrected chi connectivity index (χ4v) is 2.58. The Balaban J connectivity index is 2.64. The first kappa shape index (κ1) is 15.6. The molecule has 1 aromatic rings. The molecular formula is C12H19N3O3S. The SMILES string of the molecule is CC(N)c1ccc(S(=O)(=O)NCCCC(N)=O)cc1. The normalized spacial score (nSPS) is 13.2. The zero-order valence-corrected chi connectivity index (χ0v) is 11.6. The molecule has 0 radical (unpaired) electrons. The Bertz CT molecular complexity index is 524. The summed E-state index contributed by atoms with van der Waals surface area (Å²) in [5.74, 6) is -0.444. The Morgan fingerprint density at radius 2 is 1.89 bits per heavy atom. The number of hydrogen-bond acceptors (Lipinski definition) is 4. The van der Waals surface area contributed by atoms with Crippen molar-refractivity contribution in [2.45, 2.75) is 30.7 Å². The molecule has 6 nitrogen and oxygen atoms in total. The number of hydrogen-bond donors (Lipinski definition) is 3. The fraction of sp³-hybridized carbons (Fsp3) is 0.417. The Morgan fingerprint density at radius 1 is 1.32 bits per heavy atom. The predicted molar refractivity (Wildman–Crippen MR) is 72.7 cm³/mol. The van der Waals surface area contributed by atoms with Gasteiger partial charge in [-0.25, -0.2) is 13.1 Å². The van der Waals surface area contributed by atoms with Gasteiger partial charge in [0.1, 0.15) is 0 Å². The van der Waals surface area contributed by atoms with Gasteiger partial charge in [-0.15, -0.1) is 0 Å². The van der Waals surface area contributed by atoms with Crippen LogP contribution in [0.1, 0.15) is 31.4 Å². The molecule has 0 aliphatic rings. The molecule has 0 bridgehead atoms. The Labute approximate surface area is 113 Å². The van der Waals surface area contributed by atoms with Crippen LogP contribution in [-0.2, 0) is 14.8 Å². The van der Waals surface area contributed by atoms with Crippen LogP contribution in [0.5, 0.6) is 0 Å². The number of rotatable bonds is 7. The van der Waals surface area contributed by atoms with E-state index >= 15 is 0 Å². The van der Waals surface area contributed by atoms with Gasteiger partial charge >= 0.3 is 0 Å². The minimum absolute atomic E-state index is 0.139. The number of carbonyl (C=O) groups is 1. The zero-order chi connectivity index (χ0) is 14.5. The summed E-state index contributed by atoms with van der Waals surface area (Å²) in [6.07, 6.45) is 0.540. The molecular weight excluding hydrogens is 266 g/mol. The Hall–Kier alpha value is -1.44. The lowest BCUT2D eigenvalue weighted by molar-refractivity contribution is -0.118. The van der Waals surface area contributed by atoms with Gasteiger partial charge in [0.25, 0.3) is 0 Å². The first-order chi connectivity index (χ1) is 8.83. The number of sulfonamides is 1. The van der Waals surface area contributed by atoms with Crippen LogP contribution >= 0.6 is 0 Å². The first-order valence-electron chi connectivity index (χ1n) is 5.96. The van der Waals surface area contributed by atoms with Gasteiger partial charge < -0.3 is 11.5 Å². The number of primary amides is 1. The van der Waals surface area contributed by atoms with E-state index in [0.717, 1.165) is 5.56 Å². The molecule has 1 aromatic carbocycles. The van der Waals surface area contributed by atoms with E-state index in [1.807, 2.05) is 6.92 Å². The lowest BCUT2D eigenvalue weighted by Crippen LogP contribution is -2.26. The third-order valence-electron chi connectivity index (χ3n) is 2.61. The zero-order valence-electron chi connectivity index (χ0n) is 10.8. The molecule has 1 atom stereocenters. The van der Waals surface area contributed by atoms with Gasteiger partial charge in [-0.05, 0) is 31.0 Å². The second kappa shape index (κ2) is 6.65.